The maximum atomic E-state index is 12.3. The van der Waals surface area contributed by atoms with Crippen molar-refractivity contribution in [2.45, 2.75) is 6.43 Å². The van der Waals surface area contributed by atoms with Crippen LogP contribution in [0.4, 0.5) is 20.7 Å². The Morgan fingerprint density at radius 1 is 1.39 bits per heavy atom. The van der Waals surface area contributed by atoms with Gasteiger partial charge in [-0.1, -0.05) is 0 Å². The van der Waals surface area contributed by atoms with Crippen LogP contribution in [0.2, 0.25) is 0 Å². The molecule has 0 saturated carbocycles. The molecule has 0 aromatic carbocycles. The molecule has 102 valence electrons. The standard InChI is InChI=1S/C9H17F2N7/c1-16(6-7(10)11)18-4-2-17(3-5-18)9-13-8(12)14-15-9/h7H,2-6H2,1H3,(H3,12,13,14,15). The molecule has 3 N–H and O–H groups in total. The summed E-state index contributed by atoms with van der Waals surface area (Å²) in [5.74, 6) is 0.839. The number of hydrazine groups is 1. The fraction of sp³-hybridized carbons (Fsp3) is 0.778. The molecule has 7 nitrogen and oxygen atoms in total. The smallest absolute Gasteiger partial charge is 0.252 e. The lowest BCUT2D eigenvalue weighted by Gasteiger charge is -2.38. The molecule has 1 saturated heterocycles. The van der Waals surface area contributed by atoms with Gasteiger partial charge in [0.1, 0.15) is 0 Å². The van der Waals surface area contributed by atoms with Crippen LogP contribution in [0.5, 0.6) is 0 Å². The average Bonchev–Trinajstić information content (AvgIpc) is 2.75. The first kappa shape index (κ1) is 13.0. The Morgan fingerprint density at radius 3 is 2.56 bits per heavy atom. The summed E-state index contributed by atoms with van der Waals surface area (Å²) >= 11 is 0. The number of halogens is 2. The third-order valence-corrected chi connectivity index (χ3v) is 2.91. The molecule has 0 atom stereocenters. The van der Waals surface area contributed by atoms with Gasteiger partial charge < -0.3 is 10.6 Å². The van der Waals surface area contributed by atoms with Crippen molar-refractivity contribution >= 4 is 11.9 Å². The fourth-order valence-corrected chi connectivity index (χ4v) is 1.96. The number of nitrogens with one attached hydrogen (secondary N) is 1. The second-order valence-corrected chi connectivity index (χ2v) is 4.19. The minimum Gasteiger partial charge on any atom is -0.368 e. The molecule has 1 aromatic rings. The number of nitrogen functional groups attached to an aromatic ring is 1. The lowest BCUT2D eigenvalue weighted by Crippen LogP contribution is -2.53. The molecule has 0 amide bonds. The van der Waals surface area contributed by atoms with Gasteiger partial charge in [-0.05, 0) is 0 Å². The summed E-state index contributed by atoms with van der Waals surface area (Å²) in [7, 11) is 1.67. The molecule has 9 heteroatoms. The molecular weight excluding hydrogens is 244 g/mol. The van der Waals surface area contributed by atoms with Crippen LogP contribution in [-0.2, 0) is 0 Å². The van der Waals surface area contributed by atoms with Crippen LogP contribution >= 0.6 is 0 Å². The summed E-state index contributed by atoms with van der Waals surface area (Å²) in [5, 5.41) is 10.0. The van der Waals surface area contributed by atoms with E-state index < -0.39 is 6.43 Å². The molecule has 0 unspecified atom stereocenters. The number of piperazine rings is 1. The monoisotopic (exact) mass is 261 g/mol. The van der Waals surface area contributed by atoms with Gasteiger partial charge >= 0.3 is 0 Å². The molecule has 2 rings (SSSR count). The Bertz CT molecular complexity index is 375. The Balaban J connectivity index is 1.84. The Labute approximate surface area is 104 Å². The summed E-state index contributed by atoms with van der Waals surface area (Å²) in [6, 6.07) is 0. The predicted octanol–water partition coefficient (Wildman–Crippen LogP) is -0.379. The average molecular weight is 261 g/mol. The van der Waals surface area contributed by atoms with Gasteiger partial charge in [-0.25, -0.2) is 23.9 Å². The minimum absolute atomic E-state index is 0.242. The largest absolute Gasteiger partial charge is 0.368 e. The normalized spacial score (nSPS) is 17.9. The first-order valence-electron chi connectivity index (χ1n) is 5.73. The zero-order chi connectivity index (χ0) is 13.1. The van der Waals surface area contributed by atoms with Crippen molar-refractivity contribution in [3.05, 3.63) is 0 Å². The minimum atomic E-state index is -2.32. The van der Waals surface area contributed by atoms with Gasteiger partial charge in [-0.2, -0.15) is 4.98 Å². The molecule has 0 spiro atoms. The first-order valence-corrected chi connectivity index (χ1v) is 5.73. The van der Waals surface area contributed by atoms with Crippen molar-refractivity contribution in [1.29, 1.82) is 0 Å². The number of nitrogens with zero attached hydrogens (tertiary/aromatic N) is 5. The number of aromatic nitrogens is 3. The van der Waals surface area contributed by atoms with Crippen LogP contribution in [0.25, 0.3) is 0 Å². The quantitative estimate of drug-likeness (QED) is 0.769. The zero-order valence-electron chi connectivity index (χ0n) is 10.2. The summed E-state index contributed by atoms with van der Waals surface area (Å²) < 4.78 is 24.5. The van der Waals surface area contributed by atoms with Crippen molar-refractivity contribution in [2.24, 2.45) is 0 Å². The number of rotatable bonds is 4. The Hall–Kier alpha value is -1.48. The lowest BCUT2D eigenvalue weighted by molar-refractivity contribution is -0.0444. The van der Waals surface area contributed by atoms with E-state index in [-0.39, 0.29) is 12.5 Å². The highest BCUT2D eigenvalue weighted by Gasteiger charge is 2.23. The van der Waals surface area contributed by atoms with E-state index in [1.54, 1.807) is 12.1 Å². The van der Waals surface area contributed by atoms with E-state index in [4.69, 9.17) is 5.73 Å². The predicted molar refractivity (Wildman–Crippen MR) is 63.2 cm³/mol. The number of H-pyrrole nitrogens is 1. The van der Waals surface area contributed by atoms with Crippen LogP contribution in [-0.4, -0.2) is 71.4 Å². The van der Waals surface area contributed by atoms with E-state index >= 15 is 0 Å². The van der Waals surface area contributed by atoms with E-state index in [0.29, 0.717) is 32.1 Å². The molecular formula is C9H17F2N7. The van der Waals surface area contributed by atoms with Crippen molar-refractivity contribution in [3.8, 4) is 0 Å². The zero-order valence-corrected chi connectivity index (χ0v) is 10.2. The molecule has 1 aliphatic heterocycles. The summed E-state index contributed by atoms with van der Waals surface area (Å²) in [5.41, 5.74) is 5.46. The van der Waals surface area contributed by atoms with E-state index in [9.17, 15) is 8.78 Å². The van der Waals surface area contributed by atoms with E-state index in [0.717, 1.165) is 0 Å². The second-order valence-electron chi connectivity index (χ2n) is 4.19. The van der Waals surface area contributed by atoms with Crippen molar-refractivity contribution < 1.29 is 8.78 Å². The van der Waals surface area contributed by atoms with E-state index in [1.807, 2.05) is 9.91 Å². The third-order valence-electron chi connectivity index (χ3n) is 2.91. The van der Waals surface area contributed by atoms with Crippen LogP contribution < -0.4 is 10.6 Å². The van der Waals surface area contributed by atoms with Gasteiger partial charge in [-0.15, -0.1) is 5.10 Å². The Kier molecular flexibility index (Phi) is 3.92. The van der Waals surface area contributed by atoms with Crippen LogP contribution in [0.1, 0.15) is 0 Å². The number of anilines is 2. The van der Waals surface area contributed by atoms with Crippen LogP contribution in [0, 0.1) is 0 Å². The van der Waals surface area contributed by atoms with Gasteiger partial charge in [0, 0.05) is 33.2 Å². The molecule has 18 heavy (non-hydrogen) atoms. The maximum absolute atomic E-state index is 12.3. The van der Waals surface area contributed by atoms with E-state index in [2.05, 4.69) is 15.2 Å². The number of hydrogen-bond acceptors (Lipinski definition) is 6. The molecule has 0 radical (unpaired) electrons. The van der Waals surface area contributed by atoms with Crippen LogP contribution in [0.3, 0.4) is 0 Å². The number of alkyl halides is 2. The molecule has 0 aliphatic carbocycles. The fourth-order valence-electron chi connectivity index (χ4n) is 1.96. The van der Waals surface area contributed by atoms with Gasteiger partial charge in [0.25, 0.3) is 6.43 Å². The van der Waals surface area contributed by atoms with Crippen molar-refractivity contribution in [3.63, 3.8) is 0 Å². The Morgan fingerprint density at radius 2 is 2.06 bits per heavy atom. The molecule has 0 bridgehead atoms. The van der Waals surface area contributed by atoms with Gasteiger partial charge in [0.2, 0.25) is 11.9 Å². The molecule has 1 aliphatic rings. The van der Waals surface area contributed by atoms with Crippen molar-refractivity contribution in [2.75, 3.05) is 50.4 Å². The third kappa shape index (κ3) is 3.05. The first-order chi connectivity index (χ1) is 8.56. The molecule has 2 heterocycles. The number of hydrogen-bond donors (Lipinski definition) is 2. The second kappa shape index (κ2) is 5.44. The van der Waals surface area contributed by atoms with Crippen molar-refractivity contribution in [1.82, 2.24) is 25.2 Å². The molecule has 1 aromatic heterocycles. The summed E-state index contributed by atoms with van der Waals surface area (Å²) in [6.45, 7) is 2.46. The number of nitrogens with two attached hydrogens (primary N) is 1. The van der Waals surface area contributed by atoms with Gasteiger partial charge in [0.15, 0.2) is 0 Å². The maximum Gasteiger partial charge on any atom is 0.252 e. The van der Waals surface area contributed by atoms with E-state index in [1.165, 1.54) is 0 Å². The lowest BCUT2D eigenvalue weighted by atomic mass is 10.3. The number of aromatic amines is 1. The summed E-state index contributed by atoms with van der Waals surface area (Å²) in [4.78, 5) is 6.01. The molecule has 1 fully saturated rings. The van der Waals surface area contributed by atoms with Gasteiger partial charge in [-0.3, -0.25) is 0 Å². The highest BCUT2D eigenvalue weighted by molar-refractivity contribution is 5.34. The SMILES string of the molecule is CN(CC(F)F)N1CCN(c2n[nH]c(N)n2)CC1. The highest BCUT2D eigenvalue weighted by atomic mass is 19.3. The van der Waals surface area contributed by atoms with Gasteiger partial charge in [0.05, 0.1) is 6.54 Å². The van der Waals surface area contributed by atoms with Crippen LogP contribution in [0.15, 0.2) is 0 Å². The summed E-state index contributed by atoms with van der Waals surface area (Å²) in [6.07, 6.45) is -2.32. The highest BCUT2D eigenvalue weighted by Crippen LogP contribution is 2.12. The topological polar surface area (TPSA) is 77.3 Å².